The van der Waals surface area contributed by atoms with Gasteiger partial charge in [0.1, 0.15) is 12.1 Å². The molecule has 0 radical (unpaired) electrons. The molecule has 1 aromatic carbocycles. The van der Waals surface area contributed by atoms with E-state index >= 15 is 0 Å². The van der Waals surface area contributed by atoms with Gasteiger partial charge in [0.25, 0.3) is 5.91 Å². The van der Waals surface area contributed by atoms with Crippen LogP contribution >= 0.6 is 15.9 Å². The number of amides is 4. The molecule has 4 amide bonds. The fourth-order valence-corrected chi connectivity index (χ4v) is 4.16. The lowest BCUT2D eigenvalue weighted by Gasteiger charge is -2.30. The fraction of sp³-hybridized carbons (Fsp3) is 0.526. The summed E-state index contributed by atoms with van der Waals surface area (Å²) in [6.07, 6.45) is 4.32. The lowest BCUT2D eigenvalue weighted by Crippen LogP contribution is -2.47. The van der Waals surface area contributed by atoms with Crippen LogP contribution in [-0.4, -0.2) is 35.3 Å². The minimum atomic E-state index is -1.17. The molecule has 2 fully saturated rings. The molecule has 1 saturated heterocycles. The van der Waals surface area contributed by atoms with Crippen LogP contribution in [0.25, 0.3) is 0 Å². The third-order valence-electron chi connectivity index (χ3n) is 5.44. The van der Waals surface area contributed by atoms with Gasteiger partial charge < -0.3 is 10.6 Å². The molecule has 3 atom stereocenters. The number of halogens is 1. The molecule has 0 spiro atoms. The Morgan fingerprint density at radius 1 is 1.35 bits per heavy atom. The molecule has 2 N–H and O–H groups in total. The predicted octanol–water partition coefficient (Wildman–Crippen LogP) is 2.91. The standard InChI is InChI=1S/C19H24BrN3O3/c1-12-6-3-4-9-15(12)21-16(24)11-23-17(25)19(2,22-18(23)26)13-7-5-8-14(20)10-13/h5,7-8,10,12,15H,3-4,6,9,11H2,1-2H3,(H,21,24)(H,22,26)/t12-,15+,19-/m1/s1. The number of urea groups is 1. The van der Waals surface area contributed by atoms with Crippen LogP contribution < -0.4 is 10.6 Å². The van der Waals surface area contributed by atoms with E-state index in [0.717, 1.165) is 28.6 Å². The van der Waals surface area contributed by atoms with E-state index in [0.29, 0.717) is 11.5 Å². The summed E-state index contributed by atoms with van der Waals surface area (Å²) in [4.78, 5) is 38.7. The Hall–Kier alpha value is -1.89. The van der Waals surface area contributed by atoms with Gasteiger partial charge in [0.15, 0.2) is 0 Å². The van der Waals surface area contributed by atoms with Gasteiger partial charge in [-0.25, -0.2) is 4.79 Å². The van der Waals surface area contributed by atoms with Crippen molar-refractivity contribution in [2.45, 2.75) is 51.1 Å². The molecule has 0 unspecified atom stereocenters. The van der Waals surface area contributed by atoms with Crippen LogP contribution in [0.2, 0.25) is 0 Å². The number of nitrogens with zero attached hydrogens (tertiary/aromatic N) is 1. The molecule has 1 heterocycles. The van der Waals surface area contributed by atoms with E-state index in [2.05, 4.69) is 33.5 Å². The van der Waals surface area contributed by atoms with Crippen molar-refractivity contribution in [3.05, 3.63) is 34.3 Å². The summed E-state index contributed by atoms with van der Waals surface area (Å²) < 4.78 is 0.820. The number of benzene rings is 1. The van der Waals surface area contributed by atoms with Gasteiger partial charge >= 0.3 is 6.03 Å². The molecule has 1 aromatic rings. The van der Waals surface area contributed by atoms with Crippen LogP contribution in [0, 0.1) is 5.92 Å². The van der Waals surface area contributed by atoms with E-state index in [1.54, 1.807) is 19.1 Å². The van der Waals surface area contributed by atoms with Gasteiger partial charge in [-0.15, -0.1) is 0 Å². The van der Waals surface area contributed by atoms with Gasteiger partial charge in [-0.1, -0.05) is 47.8 Å². The zero-order chi connectivity index (χ0) is 18.9. The van der Waals surface area contributed by atoms with Crippen molar-refractivity contribution in [2.75, 3.05) is 6.54 Å². The summed E-state index contributed by atoms with van der Waals surface area (Å²) >= 11 is 3.38. The molecule has 6 nitrogen and oxygen atoms in total. The first kappa shape index (κ1) is 18.9. The Balaban J connectivity index is 1.70. The van der Waals surface area contributed by atoms with E-state index in [1.807, 2.05) is 12.1 Å². The average Bonchev–Trinajstić information content (AvgIpc) is 2.81. The first-order chi connectivity index (χ1) is 12.3. The number of carbonyl (C=O) groups excluding carboxylic acids is 3. The van der Waals surface area contributed by atoms with Crippen molar-refractivity contribution >= 4 is 33.8 Å². The average molecular weight is 422 g/mol. The third kappa shape index (κ3) is 3.63. The Kier molecular flexibility index (Phi) is 5.37. The number of rotatable bonds is 4. The van der Waals surface area contributed by atoms with Crippen LogP contribution in [0.4, 0.5) is 4.79 Å². The number of nitrogens with one attached hydrogen (secondary N) is 2. The monoisotopic (exact) mass is 421 g/mol. The molecule has 7 heteroatoms. The molecule has 0 bridgehead atoms. The SMILES string of the molecule is C[C@@H]1CCCC[C@@H]1NC(=O)CN1C(=O)N[C@](C)(c2cccc(Br)c2)C1=O. The summed E-state index contributed by atoms with van der Waals surface area (Å²) in [6, 6.07) is 6.83. The van der Waals surface area contributed by atoms with Crippen molar-refractivity contribution < 1.29 is 14.4 Å². The van der Waals surface area contributed by atoms with Crippen LogP contribution in [0.15, 0.2) is 28.7 Å². The molecule has 2 aliphatic rings. The van der Waals surface area contributed by atoms with Crippen LogP contribution in [0.1, 0.15) is 45.1 Å². The quantitative estimate of drug-likeness (QED) is 0.733. The third-order valence-corrected chi connectivity index (χ3v) is 5.93. The normalized spacial score (nSPS) is 28.8. The first-order valence-corrected chi connectivity index (χ1v) is 9.80. The highest BCUT2D eigenvalue weighted by Crippen LogP contribution is 2.30. The topological polar surface area (TPSA) is 78.5 Å². The van der Waals surface area contributed by atoms with Gasteiger partial charge in [-0.05, 0) is 43.4 Å². The van der Waals surface area contributed by atoms with Gasteiger partial charge in [0.05, 0.1) is 0 Å². The van der Waals surface area contributed by atoms with Crippen molar-refractivity contribution in [1.82, 2.24) is 15.5 Å². The van der Waals surface area contributed by atoms with Gasteiger partial charge in [-0.3, -0.25) is 14.5 Å². The summed E-state index contributed by atoms with van der Waals surface area (Å²) in [5, 5.41) is 5.72. The predicted molar refractivity (Wildman–Crippen MR) is 101 cm³/mol. The van der Waals surface area contributed by atoms with Crippen molar-refractivity contribution in [3.8, 4) is 0 Å². The van der Waals surface area contributed by atoms with E-state index in [4.69, 9.17) is 0 Å². The van der Waals surface area contributed by atoms with Crippen LogP contribution in [-0.2, 0) is 15.1 Å². The zero-order valence-corrected chi connectivity index (χ0v) is 16.6. The minimum absolute atomic E-state index is 0.119. The Morgan fingerprint density at radius 3 is 2.77 bits per heavy atom. The number of carbonyl (C=O) groups is 3. The second-order valence-corrected chi connectivity index (χ2v) is 8.31. The maximum atomic E-state index is 12.9. The first-order valence-electron chi connectivity index (χ1n) is 9.01. The Bertz CT molecular complexity index is 738. The highest BCUT2D eigenvalue weighted by atomic mass is 79.9. The van der Waals surface area contributed by atoms with E-state index in [-0.39, 0.29) is 18.5 Å². The summed E-state index contributed by atoms with van der Waals surface area (Å²) in [6.45, 7) is 3.54. The molecule has 3 rings (SSSR count). The molecule has 0 aromatic heterocycles. The molecule has 1 aliphatic carbocycles. The van der Waals surface area contributed by atoms with Gasteiger partial charge in [0.2, 0.25) is 5.91 Å². The van der Waals surface area contributed by atoms with Crippen LogP contribution in [0.5, 0.6) is 0 Å². The van der Waals surface area contributed by atoms with Crippen molar-refractivity contribution in [2.24, 2.45) is 5.92 Å². The minimum Gasteiger partial charge on any atom is -0.352 e. The lowest BCUT2D eigenvalue weighted by atomic mass is 9.86. The number of hydrogen-bond acceptors (Lipinski definition) is 3. The second-order valence-electron chi connectivity index (χ2n) is 7.39. The number of hydrogen-bond donors (Lipinski definition) is 2. The summed E-state index contributed by atoms with van der Waals surface area (Å²) in [7, 11) is 0. The molecular formula is C19H24BrN3O3. The maximum absolute atomic E-state index is 12.9. The second kappa shape index (κ2) is 7.39. The molecule has 1 aliphatic heterocycles. The smallest absolute Gasteiger partial charge is 0.325 e. The van der Waals surface area contributed by atoms with Crippen LogP contribution in [0.3, 0.4) is 0 Å². The van der Waals surface area contributed by atoms with Crippen molar-refractivity contribution in [1.29, 1.82) is 0 Å². The molecule has 26 heavy (non-hydrogen) atoms. The molecule has 1 saturated carbocycles. The largest absolute Gasteiger partial charge is 0.352 e. The Morgan fingerprint density at radius 2 is 2.08 bits per heavy atom. The van der Waals surface area contributed by atoms with E-state index in [9.17, 15) is 14.4 Å². The molecule has 140 valence electrons. The summed E-state index contributed by atoms with van der Waals surface area (Å²) in [5.74, 6) is -0.277. The lowest BCUT2D eigenvalue weighted by molar-refractivity contribution is -0.135. The highest BCUT2D eigenvalue weighted by Gasteiger charge is 2.49. The van der Waals surface area contributed by atoms with E-state index in [1.165, 1.54) is 6.42 Å². The highest BCUT2D eigenvalue weighted by molar-refractivity contribution is 9.10. The fourth-order valence-electron chi connectivity index (χ4n) is 3.76. The number of imide groups is 1. The van der Waals surface area contributed by atoms with Crippen molar-refractivity contribution in [3.63, 3.8) is 0 Å². The van der Waals surface area contributed by atoms with Gasteiger partial charge in [-0.2, -0.15) is 0 Å². The molecular weight excluding hydrogens is 398 g/mol. The van der Waals surface area contributed by atoms with Gasteiger partial charge in [0, 0.05) is 10.5 Å². The zero-order valence-electron chi connectivity index (χ0n) is 15.0. The maximum Gasteiger partial charge on any atom is 0.325 e. The summed E-state index contributed by atoms with van der Waals surface area (Å²) in [5.41, 5.74) is -0.492. The van der Waals surface area contributed by atoms with E-state index < -0.39 is 17.5 Å². The Labute approximate surface area is 161 Å².